The third-order valence-corrected chi connectivity index (χ3v) is 10.6. The first-order valence-electron chi connectivity index (χ1n) is 14.4. The molecule has 0 aliphatic heterocycles. The molecule has 0 N–H and O–H groups in total. The summed E-state index contributed by atoms with van der Waals surface area (Å²) in [4.78, 5) is 34.7. The van der Waals surface area contributed by atoms with Crippen LogP contribution in [0.5, 0.6) is 0 Å². The molecule has 0 saturated heterocycles. The first kappa shape index (κ1) is 30.8. The van der Waals surface area contributed by atoms with Gasteiger partial charge in [0.1, 0.15) is 0 Å². The molecule has 2 saturated carbocycles. The van der Waals surface area contributed by atoms with Gasteiger partial charge >= 0.3 is 8.80 Å². The first-order chi connectivity index (χ1) is 17.2. The van der Waals surface area contributed by atoms with Crippen LogP contribution in [0.2, 0.25) is 6.04 Å². The summed E-state index contributed by atoms with van der Waals surface area (Å²) in [5.41, 5.74) is 0. The zero-order valence-corrected chi connectivity index (χ0v) is 24.2. The van der Waals surface area contributed by atoms with Gasteiger partial charge in [0.2, 0.25) is 0 Å². The number of carbonyl (C=O) groups is 3. The van der Waals surface area contributed by atoms with Gasteiger partial charge in [0.25, 0.3) is 17.9 Å². The third-order valence-electron chi connectivity index (χ3n) is 7.87. The summed E-state index contributed by atoms with van der Waals surface area (Å²) in [6, 6.07) is 0.170. The van der Waals surface area contributed by atoms with Crippen molar-refractivity contribution < 1.29 is 32.4 Å². The Labute approximate surface area is 219 Å². The maximum atomic E-state index is 11.6. The van der Waals surface area contributed by atoms with E-state index in [-0.39, 0.29) is 12.1 Å². The molecule has 0 unspecified atom stereocenters. The van der Waals surface area contributed by atoms with Gasteiger partial charge in [-0.2, -0.15) is 0 Å². The van der Waals surface area contributed by atoms with Crippen molar-refractivity contribution in [3.63, 3.8) is 0 Å². The Kier molecular flexibility index (Phi) is 14.1. The molecule has 0 heterocycles. The summed E-state index contributed by atoms with van der Waals surface area (Å²) in [6.45, 7) is 6.37. The van der Waals surface area contributed by atoms with E-state index in [4.69, 9.17) is 18.0 Å². The Morgan fingerprint density at radius 3 is 1.67 bits per heavy atom. The number of ether oxygens (including phenoxy) is 1. The zero-order chi connectivity index (χ0) is 26.4. The molecule has 0 aromatic heterocycles. The second-order valence-corrected chi connectivity index (χ2v) is 13.4. The lowest BCUT2D eigenvalue weighted by Crippen LogP contribution is -2.49. The van der Waals surface area contributed by atoms with E-state index in [1.165, 1.54) is 97.8 Å². The van der Waals surface area contributed by atoms with E-state index < -0.39 is 26.7 Å². The molecule has 36 heavy (non-hydrogen) atoms. The second kappa shape index (κ2) is 16.4. The van der Waals surface area contributed by atoms with Crippen LogP contribution in [0.25, 0.3) is 0 Å². The molecule has 7 nitrogen and oxygen atoms in total. The molecule has 2 fully saturated rings. The molecule has 0 aromatic carbocycles. The normalized spacial score (nSPS) is 24.7. The van der Waals surface area contributed by atoms with Gasteiger partial charge in [-0.05, 0) is 62.7 Å². The van der Waals surface area contributed by atoms with Gasteiger partial charge in [0.05, 0.1) is 12.1 Å². The Morgan fingerprint density at radius 1 is 0.667 bits per heavy atom. The van der Waals surface area contributed by atoms with Crippen molar-refractivity contribution in [1.82, 2.24) is 0 Å². The predicted octanol–water partition coefficient (Wildman–Crippen LogP) is 6.75. The molecule has 208 valence electrons. The van der Waals surface area contributed by atoms with Crippen LogP contribution in [0.3, 0.4) is 0 Å². The van der Waals surface area contributed by atoms with Crippen molar-refractivity contribution in [2.75, 3.05) is 6.61 Å². The monoisotopic (exact) mass is 526 g/mol. The molecule has 2 aliphatic carbocycles. The topological polar surface area (TPSA) is 88.1 Å². The summed E-state index contributed by atoms with van der Waals surface area (Å²) in [5.74, 6) is 0.791. The number of hydrogen-bond acceptors (Lipinski definition) is 7. The summed E-state index contributed by atoms with van der Waals surface area (Å²) in [6.07, 6.45) is 19.4. The van der Waals surface area contributed by atoms with Crippen molar-refractivity contribution in [1.29, 1.82) is 0 Å². The number of carbonyl (C=O) groups excluding carboxylic acids is 3. The SMILES string of the molecule is CCCCCCC[C@H]1CC[C@H]([C@H]2CC[C@H](OCCC[Si](OC(C)=O)(OC(C)=O)OC(C)=O)CC2)CC1. The minimum Gasteiger partial charge on any atom is -0.455 e. The lowest BCUT2D eigenvalue weighted by Gasteiger charge is -2.38. The number of rotatable bonds is 15. The molecule has 2 rings (SSSR count). The minimum atomic E-state index is -3.75. The van der Waals surface area contributed by atoms with Gasteiger partial charge in [-0.15, -0.1) is 0 Å². The quantitative estimate of drug-likeness (QED) is 0.172. The van der Waals surface area contributed by atoms with E-state index in [0.717, 1.165) is 30.6 Å². The lowest BCUT2D eigenvalue weighted by molar-refractivity contribution is -0.147. The van der Waals surface area contributed by atoms with Crippen molar-refractivity contribution in [2.45, 2.75) is 136 Å². The van der Waals surface area contributed by atoms with Crippen LogP contribution in [0.1, 0.15) is 124 Å². The molecule has 0 amide bonds. The molecule has 8 heteroatoms. The molecular weight excluding hydrogens is 476 g/mol. The maximum Gasteiger partial charge on any atom is 0.705 e. The fourth-order valence-electron chi connectivity index (χ4n) is 6.12. The fraction of sp³-hybridized carbons (Fsp3) is 0.893. The van der Waals surface area contributed by atoms with Gasteiger partial charge in [-0.1, -0.05) is 58.3 Å². The van der Waals surface area contributed by atoms with E-state index in [2.05, 4.69) is 6.92 Å². The zero-order valence-electron chi connectivity index (χ0n) is 23.2. The maximum absolute atomic E-state index is 11.6. The standard InChI is InChI=1S/C28H50O7Si/c1-5-6-7-8-9-11-25-12-14-26(15-13-25)27-16-18-28(19-17-27)32-20-10-21-36(33-22(2)29,34-23(3)30)35-24(4)31/h25-28H,5-21H2,1-4H3/t25-,26-,27-,28-. The van der Waals surface area contributed by atoms with Crippen LogP contribution in [0.4, 0.5) is 0 Å². The molecule has 0 bridgehead atoms. The minimum absolute atomic E-state index is 0.170. The van der Waals surface area contributed by atoms with Gasteiger partial charge in [-0.3, -0.25) is 14.4 Å². The summed E-state index contributed by atoms with van der Waals surface area (Å²) < 4.78 is 21.8. The average molecular weight is 527 g/mol. The summed E-state index contributed by atoms with van der Waals surface area (Å²) >= 11 is 0. The smallest absolute Gasteiger partial charge is 0.455 e. The Bertz CT molecular complexity index is 626. The number of unbranched alkanes of at least 4 members (excludes halogenated alkanes) is 4. The largest absolute Gasteiger partial charge is 0.705 e. The predicted molar refractivity (Wildman–Crippen MR) is 141 cm³/mol. The van der Waals surface area contributed by atoms with Crippen molar-refractivity contribution in [2.24, 2.45) is 17.8 Å². The lowest BCUT2D eigenvalue weighted by atomic mass is 9.70. The molecule has 0 aromatic rings. The Hall–Kier alpha value is -1.41. The van der Waals surface area contributed by atoms with E-state index in [0.29, 0.717) is 13.0 Å². The number of hydrogen-bond donors (Lipinski definition) is 0. The summed E-state index contributed by atoms with van der Waals surface area (Å²) in [7, 11) is -3.75. The van der Waals surface area contributed by atoms with Gasteiger partial charge in [-0.25, -0.2) is 0 Å². The van der Waals surface area contributed by atoms with Crippen LogP contribution >= 0.6 is 0 Å². The molecule has 2 aliphatic rings. The van der Waals surface area contributed by atoms with Crippen LogP contribution < -0.4 is 0 Å². The molecular formula is C28H50O7Si. The van der Waals surface area contributed by atoms with Gasteiger partial charge < -0.3 is 18.0 Å². The van der Waals surface area contributed by atoms with Crippen LogP contribution in [0, 0.1) is 17.8 Å². The Balaban J connectivity index is 1.66. The average Bonchev–Trinajstić information content (AvgIpc) is 2.81. The molecule has 0 spiro atoms. The highest BCUT2D eigenvalue weighted by molar-refractivity contribution is 6.65. The van der Waals surface area contributed by atoms with E-state index >= 15 is 0 Å². The highest BCUT2D eigenvalue weighted by Crippen LogP contribution is 2.41. The van der Waals surface area contributed by atoms with Crippen molar-refractivity contribution in [3.05, 3.63) is 0 Å². The van der Waals surface area contributed by atoms with E-state index in [1.54, 1.807) is 0 Å². The Morgan fingerprint density at radius 2 is 1.17 bits per heavy atom. The molecule has 0 radical (unpaired) electrons. The van der Waals surface area contributed by atoms with Crippen LogP contribution in [0.15, 0.2) is 0 Å². The van der Waals surface area contributed by atoms with Crippen LogP contribution in [-0.4, -0.2) is 39.4 Å². The molecule has 0 atom stereocenters. The summed E-state index contributed by atoms with van der Waals surface area (Å²) in [5, 5.41) is 0. The second-order valence-electron chi connectivity index (χ2n) is 11.0. The highest BCUT2D eigenvalue weighted by atomic mass is 28.4. The van der Waals surface area contributed by atoms with Gasteiger partial charge in [0, 0.05) is 27.4 Å². The van der Waals surface area contributed by atoms with Gasteiger partial charge in [0.15, 0.2) is 0 Å². The van der Waals surface area contributed by atoms with Crippen molar-refractivity contribution in [3.8, 4) is 0 Å². The van der Waals surface area contributed by atoms with Crippen molar-refractivity contribution >= 4 is 26.7 Å². The van der Waals surface area contributed by atoms with E-state index in [1.807, 2.05) is 0 Å². The highest BCUT2D eigenvalue weighted by Gasteiger charge is 2.51. The van der Waals surface area contributed by atoms with E-state index in [9.17, 15) is 14.4 Å². The fourth-order valence-corrected chi connectivity index (χ4v) is 8.45. The third kappa shape index (κ3) is 11.8. The van der Waals surface area contributed by atoms with Crippen LogP contribution in [-0.2, 0) is 32.4 Å². The first-order valence-corrected chi connectivity index (χ1v) is 16.4.